The molecular weight excluding hydrogens is 455 g/mol. The van der Waals surface area contributed by atoms with Gasteiger partial charge in [-0.2, -0.15) is 0 Å². The summed E-state index contributed by atoms with van der Waals surface area (Å²) in [5, 5.41) is 13.4. The number of nitrogens with zero attached hydrogens (tertiary/aromatic N) is 3. The fourth-order valence-electron chi connectivity index (χ4n) is 3.12. The molecule has 0 saturated heterocycles. The average molecular weight is 479 g/mol. The molecule has 1 atom stereocenters. The number of amides is 1. The third kappa shape index (κ3) is 6.23. The summed E-state index contributed by atoms with van der Waals surface area (Å²) < 4.78 is 7.23. The number of aryl methyl sites for hydroxylation is 1. The van der Waals surface area contributed by atoms with Crippen LogP contribution in [0.3, 0.4) is 0 Å². The number of hydrogen-bond acceptors (Lipinski definition) is 5. The summed E-state index contributed by atoms with van der Waals surface area (Å²) in [5.74, 6) is 0.834. The maximum Gasteiger partial charge on any atom is 0.230 e. The Hall–Kier alpha value is -2.06. The number of ether oxygens (including phenoxy) is 1. The standard InChI is InChI=1S/C22H24Cl2N4O2S/c1-14-5-4-6-16(11-14)21-26-27-22(28(21)9-10-30-3)31-13-20(29)25-15(2)18-8-7-17(23)12-19(18)24/h4-8,11-12,15H,9-10,13H2,1-3H3,(H,25,29). The zero-order valence-electron chi connectivity index (χ0n) is 17.6. The van der Waals surface area contributed by atoms with Crippen molar-refractivity contribution in [3.63, 3.8) is 0 Å². The van der Waals surface area contributed by atoms with Crippen LogP contribution in [-0.2, 0) is 16.1 Å². The van der Waals surface area contributed by atoms with Crippen LogP contribution in [0.2, 0.25) is 10.0 Å². The van der Waals surface area contributed by atoms with Crippen molar-refractivity contribution < 1.29 is 9.53 Å². The number of aromatic nitrogens is 3. The lowest BCUT2D eigenvalue weighted by molar-refractivity contribution is -0.119. The fourth-order valence-corrected chi connectivity index (χ4v) is 4.47. The van der Waals surface area contributed by atoms with Crippen LogP contribution in [0.1, 0.15) is 24.1 Å². The average Bonchev–Trinajstić information content (AvgIpc) is 3.13. The van der Waals surface area contributed by atoms with E-state index in [1.807, 2.05) is 42.7 Å². The second kappa shape index (κ2) is 11.0. The van der Waals surface area contributed by atoms with Gasteiger partial charge in [0.05, 0.1) is 24.9 Å². The Morgan fingerprint density at radius 1 is 1.23 bits per heavy atom. The molecule has 0 aliphatic rings. The first-order chi connectivity index (χ1) is 14.9. The summed E-state index contributed by atoms with van der Waals surface area (Å²) in [5.41, 5.74) is 2.93. The van der Waals surface area contributed by atoms with Gasteiger partial charge in [-0.1, -0.05) is 64.8 Å². The Bertz CT molecular complexity index is 1060. The zero-order chi connectivity index (χ0) is 22.4. The van der Waals surface area contributed by atoms with Gasteiger partial charge in [-0.05, 0) is 37.6 Å². The number of carbonyl (C=O) groups excluding carboxylic acids is 1. The van der Waals surface area contributed by atoms with Crippen molar-refractivity contribution in [2.75, 3.05) is 19.5 Å². The van der Waals surface area contributed by atoms with Gasteiger partial charge in [0.2, 0.25) is 5.91 Å². The first-order valence-electron chi connectivity index (χ1n) is 9.75. The number of hydrogen-bond donors (Lipinski definition) is 1. The molecule has 3 aromatic rings. The minimum absolute atomic E-state index is 0.123. The number of nitrogens with one attached hydrogen (secondary N) is 1. The Kier molecular flexibility index (Phi) is 8.37. The summed E-state index contributed by atoms with van der Waals surface area (Å²) in [7, 11) is 1.65. The molecule has 0 aliphatic carbocycles. The van der Waals surface area contributed by atoms with Crippen molar-refractivity contribution in [2.24, 2.45) is 0 Å². The topological polar surface area (TPSA) is 69.0 Å². The van der Waals surface area contributed by atoms with Crippen molar-refractivity contribution in [3.8, 4) is 11.4 Å². The van der Waals surface area contributed by atoms with Crippen LogP contribution in [0.25, 0.3) is 11.4 Å². The van der Waals surface area contributed by atoms with Crippen LogP contribution < -0.4 is 5.32 Å². The summed E-state index contributed by atoms with van der Waals surface area (Å²) in [6.07, 6.45) is 0. The lowest BCUT2D eigenvalue weighted by Crippen LogP contribution is -2.28. The van der Waals surface area contributed by atoms with Crippen LogP contribution in [-0.4, -0.2) is 40.1 Å². The molecule has 0 aliphatic heterocycles. The van der Waals surface area contributed by atoms with Crippen molar-refractivity contribution in [3.05, 3.63) is 63.6 Å². The van der Waals surface area contributed by atoms with E-state index in [0.717, 1.165) is 22.5 Å². The second-order valence-corrected chi connectivity index (χ2v) is 8.85. The highest BCUT2D eigenvalue weighted by Gasteiger charge is 2.17. The van der Waals surface area contributed by atoms with Gasteiger partial charge in [0, 0.05) is 22.7 Å². The van der Waals surface area contributed by atoms with Crippen LogP contribution >= 0.6 is 35.0 Å². The molecule has 9 heteroatoms. The predicted octanol–water partition coefficient (Wildman–Crippen LogP) is 5.18. The molecule has 0 bridgehead atoms. The third-order valence-electron chi connectivity index (χ3n) is 4.65. The quantitative estimate of drug-likeness (QED) is 0.429. The molecular formula is C22H24Cl2N4O2S. The zero-order valence-corrected chi connectivity index (χ0v) is 19.9. The van der Waals surface area contributed by atoms with Crippen molar-refractivity contribution in [1.29, 1.82) is 0 Å². The highest BCUT2D eigenvalue weighted by molar-refractivity contribution is 7.99. The molecule has 0 radical (unpaired) electrons. The van der Waals surface area contributed by atoms with E-state index < -0.39 is 0 Å². The van der Waals surface area contributed by atoms with Gasteiger partial charge in [-0.15, -0.1) is 10.2 Å². The largest absolute Gasteiger partial charge is 0.383 e. The van der Waals surface area contributed by atoms with Gasteiger partial charge in [0.15, 0.2) is 11.0 Å². The molecule has 2 aromatic carbocycles. The maximum atomic E-state index is 12.5. The van der Waals surface area contributed by atoms with Crippen LogP contribution in [0.5, 0.6) is 0 Å². The lowest BCUT2D eigenvalue weighted by Gasteiger charge is -2.16. The molecule has 0 fully saturated rings. The van der Waals surface area contributed by atoms with Crippen LogP contribution in [0, 0.1) is 6.92 Å². The van der Waals surface area contributed by atoms with Crippen molar-refractivity contribution in [1.82, 2.24) is 20.1 Å². The predicted molar refractivity (Wildman–Crippen MR) is 126 cm³/mol. The molecule has 164 valence electrons. The number of methoxy groups -OCH3 is 1. The monoisotopic (exact) mass is 478 g/mol. The molecule has 1 heterocycles. The van der Waals surface area contributed by atoms with Crippen molar-refractivity contribution in [2.45, 2.75) is 31.6 Å². The third-order valence-corrected chi connectivity index (χ3v) is 6.18. The van der Waals surface area contributed by atoms with Gasteiger partial charge in [-0.25, -0.2) is 0 Å². The summed E-state index contributed by atoms with van der Waals surface area (Å²) in [6.45, 7) is 5.03. The molecule has 1 N–H and O–H groups in total. The number of thioether (sulfide) groups is 1. The summed E-state index contributed by atoms with van der Waals surface area (Å²) >= 11 is 13.5. The van der Waals surface area contributed by atoms with E-state index in [2.05, 4.69) is 21.6 Å². The molecule has 0 saturated carbocycles. The van der Waals surface area contributed by atoms with E-state index in [-0.39, 0.29) is 17.7 Å². The fraction of sp³-hybridized carbons (Fsp3) is 0.318. The molecule has 1 aromatic heterocycles. The molecule has 3 rings (SSSR count). The van der Waals surface area contributed by atoms with E-state index in [0.29, 0.717) is 28.4 Å². The summed E-state index contributed by atoms with van der Waals surface area (Å²) in [4.78, 5) is 12.5. The van der Waals surface area contributed by atoms with Crippen LogP contribution in [0.4, 0.5) is 0 Å². The van der Waals surface area contributed by atoms with E-state index in [4.69, 9.17) is 27.9 Å². The summed E-state index contributed by atoms with van der Waals surface area (Å²) in [6, 6.07) is 13.1. The lowest BCUT2D eigenvalue weighted by atomic mass is 10.1. The number of halogens is 2. The molecule has 1 amide bonds. The minimum Gasteiger partial charge on any atom is -0.383 e. The van der Waals surface area contributed by atoms with E-state index in [9.17, 15) is 4.79 Å². The number of rotatable bonds is 9. The smallest absolute Gasteiger partial charge is 0.230 e. The molecule has 6 nitrogen and oxygen atoms in total. The normalized spacial score (nSPS) is 12.0. The Morgan fingerprint density at radius 3 is 2.74 bits per heavy atom. The van der Waals surface area contributed by atoms with Gasteiger partial charge >= 0.3 is 0 Å². The van der Waals surface area contributed by atoms with Gasteiger partial charge in [-0.3, -0.25) is 9.36 Å². The first-order valence-corrected chi connectivity index (χ1v) is 11.5. The number of benzene rings is 2. The van der Waals surface area contributed by atoms with Gasteiger partial charge in [0.1, 0.15) is 0 Å². The highest BCUT2D eigenvalue weighted by atomic mass is 35.5. The molecule has 1 unspecified atom stereocenters. The molecule has 0 spiro atoms. The Labute approximate surface area is 196 Å². The molecule has 31 heavy (non-hydrogen) atoms. The van der Waals surface area contributed by atoms with E-state index >= 15 is 0 Å². The highest BCUT2D eigenvalue weighted by Crippen LogP contribution is 2.27. The van der Waals surface area contributed by atoms with Gasteiger partial charge in [0.25, 0.3) is 0 Å². The van der Waals surface area contributed by atoms with Crippen LogP contribution in [0.15, 0.2) is 47.6 Å². The van der Waals surface area contributed by atoms with E-state index in [1.165, 1.54) is 11.8 Å². The van der Waals surface area contributed by atoms with E-state index in [1.54, 1.807) is 19.2 Å². The Morgan fingerprint density at radius 2 is 2.03 bits per heavy atom. The minimum atomic E-state index is -0.243. The first kappa shape index (κ1) is 23.6. The number of carbonyl (C=O) groups is 1. The maximum absolute atomic E-state index is 12.5. The Balaban J connectivity index is 1.69. The second-order valence-electron chi connectivity index (χ2n) is 7.06. The van der Waals surface area contributed by atoms with Gasteiger partial charge < -0.3 is 10.1 Å². The van der Waals surface area contributed by atoms with Crippen molar-refractivity contribution >= 4 is 40.9 Å². The SMILES string of the molecule is COCCn1c(SCC(=O)NC(C)c2ccc(Cl)cc2Cl)nnc1-c1cccc(C)c1.